The van der Waals surface area contributed by atoms with Crippen LogP contribution in [-0.4, -0.2) is 35.8 Å². The molecule has 0 aromatic heterocycles. The Balaban J connectivity index is 1.72. The number of nitrogens with zero attached hydrogens (tertiary/aromatic N) is 1. The van der Waals surface area contributed by atoms with Crippen molar-refractivity contribution in [1.82, 2.24) is 10.2 Å². The first-order valence-electron chi connectivity index (χ1n) is 7.83. The van der Waals surface area contributed by atoms with Gasteiger partial charge in [-0.2, -0.15) is 0 Å². The van der Waals surface area contributed by atoms with E-state index in [9.17, 15) is 9.59 Å². The third-order valence-corrected chi connectivity index (χ3v) is 4.24. The van der Waals surface area contributed by atoms with Crippen molar-refractivity contribution in [2.24, 2.45) is 0 Å². The average molecular weight is 266 g/mol. The predicted octanol–water partition coefficient (Wildman–Crippen LogP) is 2.23. The summed E-state index contributed by atoms with van der Waals surface area (Å²) in [7, 11) is 0. The molecule has 1 saturated carbocycles. The third kappa shape index (κ3) is 4.84. The van der Waals surface area contributed by atoms with Crippen LogP contribution in [0.1, 0.15) is 64.2 Å². The molecule has 2 fully saturated rings. The van der Waals surface area contributed by atoms with Gasteiger partial charge in [0.15, 0.2) is 0 Å². The van der Waals surface area contributed by atoms with Crippen LogP contribution in [0.2, 0.25) is 0 Å². The van der Waals surface area contributed by atoms with Gasteiger partial charge in [0.2, 0.25) is 11.8 Å². The van der Waals surface area contributed by atoms with E-state index in [1.807, 2.05) is 4.90 Å². The Morgan fingerprint density at radius 2 is 1.47 bits per heavy atom. The van der Waals surface area contributed by atoms with Crippen molar-refractivity contribution in [2.45, 2.75) is 70.3 Å². The highest BCUT2D eigenvalue weighted by Crippen LogP contribution is 2.17. The molecule has 1 saturated heterocycles. The largest absolute Gasteiger partial charge is 0.353 e. The molecule has 1 aliphatic carbocycles. The minimum absolute atomic E-state index is 0.00945. The lowest BCUT2D eigenvalue weighted by atomic mass is 9.95. The third-order valence-electron chi connectivity index (χ3n) is 4.24. The topological polar surface area (TPSA) is 49.4 Å². The zero-order valence-corrected chi connectivity index (χ0v) is 11.8. The standard InChI is InChI=1S/C15H26N2O2/c18-14(16-13-8-4-3-5-9-13)12-15(19)17-10-6-1-2-7-11-17/h13H,1-12H2,(H,16,18). The van der Waals surface area contributed by atoms with E-state index in [2.05, 4.69) is 5.32 Å². The summed E-state index contributed by atoms with van der Waals surface area (Å²) in [5, 5.41) is 3.02. The first-order chi connectivity index (χ1) is 9.25. The molecule has 1 aliphatic heterocycles. The minimum Gasteiger partial charge on any atom is -0.353 e. The number of carbonyl (C=O) groups excluding carboxylic acids is 2. The second-order valence-electron chi connectivity index (χ2n) is 5.87. The van der Waals surface area contributed by atoms with Crippen LogP contribution in [0, 0.1) is 0 Å². The molecule has 2 aliphatic rings. The van der Waals surface area contributed by atoms with Gasteiger partial charge in [-0.25, -0.2) is 0 Å². The van der Waals surface area contributed by atoms with Gasteiger partial charge in [-0.15, -0.1) is 0 Å². The second-order valence-corrected chi connectivity index (χ2v) is 5.87. The number of nitrogens with one attached hydrogen (secondary N) is 1. The van der Waals surface area contributed by atoms with E-state index in [0.29, 0.717) is 6.04 Å². The van der Waals surface area contributed by atoms with E-state index in [-0.39, 0.29) is 18.2 Å². The Bertz CT molecular complexity index is 303. The van der Waals surface area contributed by atoms with E-state index in [4.69, 9.17) is 0 Å². The van der Waals surface area contributed by atoms with Crippen LogP contribution >= 0.6 is 0 Å². The van der Waals surface area contributed by atoms with Gasteiger partial charge >= 0.3 is 0 Å². The number of hydrogen-bond donors (Lipinski definition) is 1. The molecule has 0 spiro atoms. The van der Waals surface area contributed by atoms with Gasteiger partial charge in [0.05, 0.1) is 0 Å². The van der Waals surface area contributed by atoms with Crippen LogP contribution in [0.4, 0.5) is 0 Å². The number of likely N-dealkylation sites (tertiary alicyclic amines) is 1. The quantitative estimate of drug-likeness (QED) is 0.796. The molecular formula is C15H26N2O2. The molecule has 0 atom stereocenters. The summed E-state index contributed by atoms with van der Waals surface area (Å²) >= 11 is 0. The molecular weight excluding hydrogens is 240 g/mol. The maximum absolute atomic E-state index is 12.1. The van der Waals surface area contributed by atoms with E-state index >= 15 is 0 Å². The van der Waals surface area contributed by atoms with Crippen molar-refractivity contribution < 1.29 is 9.59 Å². The lowest BCUT2D eigenvalue weighted by molar-refractivity contribution is -0.136. The van der Waals surface area contributed by atoms with Crippen molar-refractivity contribution in [2.75, 3.05) is 13.1 Å². The SMILES string of the molecule is O=C(CC(=O)N1CCCCCC1)NC1CCCCC1. The van der Waals surface area contributed by atoms with Crippen molar-refractivity contribution in [3.05, 3.63) is 0 Å². The highest BCUT2D eigenvalue weighted by molar-refractivity contribution is 5.97. The highest BCUT2D eigenvalue weighted by atomic mass is 16.2. The first kappa shape index (κ1) is 14.4. The molecule has 0 aromatic rings. The number of rotatable bonds is 3. The van der Waals surface area contributed by atoms with Crippen LogP contribution in [-0.2, 0) is 9.59 Å². The van der Waals surface area contributed by atoms with Crippen molar-refractivity contribution in [3.8, 4) is 0 Å². The fraction of sp³-hybridized carbons (Fsp3) is 0.867. The molecule has 0 bridgehead atoms. The highest BCUT2D eigenvalue weighted by Gasteiger charge is 2.21. The summed E-state index contributed by atoms with van der Waals surface area (Å²) in [5.41, 5.74) is 0. The molecule has 19 heavy (non-hydrogen) atoms. The molecule has 2 rings (SSSR count). The van der Waals surface area contributed by atoms with Gasteiger partial charge in [0.1, 0.15) is 6.42 Å². The number of amides is 2. The van der Waals surface area contributed by atoms with Gasteiger partial charge in [-0.3, -0.25) is 9.59 Å². The predicted molar refractivity (Wildman–Crippen MR) is 74.7 cm³/mol. The molecule has 4 heteroatoms. The smallest absolute Gasteiger partial charge is 0.232 e. The van der Waals surface area contributed by atoms with Gasteiger partial charge in [-0.1, -0.05) is 32.1 Å². The normalized spacial score (nSPS) is 21.8. The maximum atomic E-state index is 12.1. The molecule has 0 radical (unpaired) electrons. The molecule has 4 nitrogen and oxygen atoms in total. The Hall–Kier alpha value is -1.06. The Morgan fingerprint density at radius 3 is 2.11 bits per heavy atom. The van der Waals surface area contributed by atoms with Crippen LogP contribution in [0.15, 0.2) is 0 Å². The van der Waals surface area contributed by atoms with Gasteiger partial charge in [-0.05, 0) is 25.7 Å². The number of hydrogen-bond acceptors (Lipinski definition) is 2. The Kier molecular flexibility index (Phi) is 5.67. The summed E-state index contributed by atoms with van der Waals surface area (Å²) in [6.07, 6.45) is 10.4. The zero-order chi connectivity index (χ0) is 13.5. The molecule has 1 heterocycles. The maximum Gasteiger partial charge on any atom is 0.232 e. The summed E-state index contributed by atoms with van der Waals surface area (Å²) in [4.78, 5) is 25.8. The first-order valence-corrected chi connectivity index (χ1v) is 7.83. The minimum atomic E-state index is -0.0823. The molecule has 0 unspecified atom stereocenters. The van der Waals surface area contributed by atoms with E-state index < -0.39 is 0 Å². The van der Waals surface area contributed by atoms with Crippen molar-refractivity contribution in [3.63, 3.8) is 0 Å². The fourth-order valence-corrected chi connectivity index (χ4v) is 3.09. The molecule has 1 N–H and O–H groups in total. The molecule has 108 valence electrons. The van der Waals surface area contributed by atoms with Gasteiger partial charge in [0.25, 0.3) is 0 Å². The van der Waals surface area contributed by atoms with Gasteiger partial charge in [0, 0.05) is 19.1 Å². The second kappa shape index (κ2) is 7.51. The summed E-state index contributed by atoms with van der Waals surface area (Å²) < 4.78 is 0. The summed E-state index contributed by atoms with van der Waals surface area (Å²) in [5.74, 6) is -0.0728. The zero-order valence-electron chi connectivity index (χ0n) is 11.8. The summed E-state index contributed by atoms with van der Waals surface area (Å²) in [6, 6.07) is 0.304. The average Bonchev–Trinajstić information content (AvgIpc) is 2.68. The van der Waals surface area contributed by atoms with Crippen LogP contribution in [0.25, 0.3) is 0 Å². The van der Waals surface area contributed by atoms with Crippen molar-refractivity contribution in [1.29, 1.82) is 0 Å². The van der Waals surface area contributed by atoms with Crippen LogP contribution in [0.5, 0.6) is 0 Å². The van der Waals surface area contributed by atoms with Crippen LogP contribution < -0.4 is 5.32 Å². The number of carbonyl (C=O) groups is 2. The van der Waals surface area contributed by atoms with E-state index in [1.54, 1.807) is 0 Å². The Morgan fingerprint density at radius 1 is 0.895 bits per heavy atom. The lowest BCUT2D eigenvalue weighted by Gasteiger charge is -2.24. The van der Waals surface area contributed by atoms with E-state index in [0.717, 1.165) is 38.8 Å². The molecule has 2 amide bonds. The Labute approximate surface area is 115 Å². The lowest BCUT2D eigenvalue weighted by Crippen LogP contribution is -2.40. The van der Waals surface area contributed by atoms with Crippen LogP contribution in [0.3, 0.4) is 0 Å². The molecule has 0 aromatic carbocycles. The fourth-order valence-electron chi connectivity index (χ4n) is 3.09. The monoisotopic (exact) mass is 266 g/mol. The summed E-state index contributed by atoms with van der Waals surface area (Å²) in [6.45, 7) is 1.66. The van der Waals surface area contributed by atoms with Gasteiger partial charge < -0.3 is 10.2 Å². The van der Waals surface area contributed by atoms with Crippen molar-refractivity contribution >= 4 is 11.8 Å². The van der Waals surface area contributed by atoms with E-state index in [1.165, 1.54) is 32.1 Å².